The summed E-state index contributed by atoms with van der Waals surface area (Å²) in [7, 11) is 0. The zero-order valence-corrected chi connectivity index (χ0v) is 8.71. The molecular formula is C10H16N3O. The molecular weight excluding hydrogens is 178 g/mol. The molecule has 0 aromatic heterocycles. The van der Waals surface area contributed by atoms with Crippen LogP contribution in [0, 0.1) is 6.08 Å². The minimum Gasteiger partial charge on any atom is -0.378 e. The van der Waals surface area contributed by atoms with Gasteiger partial charge in [0.1, 0.15) is 0 Å². The van der Waals surface area contributed by atoms with Gasteiger partial charge in [-0.1, -0.05) is 0 Å². The molecule has 1 saturated heterocycles. The van der Waals surface area contributed by atoms with E-state index in [4.69, 9.17) is 4.74 Å². The van der Waals surface area contributed by atoms with Crippen molar-refractivity contribution in [3.63, 3.8) is 0 Å². The smallest absolute Gasteiger partial charge is 0.199 e. The molecule has 4 heteroatoms. The van der Waals surface area contributed by atoms with Crippen LogP contribution in [0.25, 0.3) is 0 Å². The van der Waals surface area contributed by atoms with Crippen molar-refractivity contribution in [1.29, 1.82) is 0 Å². The van der Waals surface area contributed by atoms with Crippen LogP contribution >= 0.6 is 0 Å². The maximum atomic E-state index is 5.30. The van der Waals surface area contributed by atoms with E-state index in [1.807, 2.05) is 6.92 Å². The molecule has 0 amide bonds. The minimum atomic E-state index is 0.255. The Kier molecular flexibility index (Phi) is 2.72. The summed E-state index contributed by atoms with van der Waals surface area (Å²) in [5.41, 5.74) is 0.970. The van der Waals surface area contributed by atoms with E-state index < -0.39 is 0 Å². The number of hydrogen-bond acceptors (Lipinski definition) is 4. The summed E-state index contributed by atoms with van der Waals surface area (Å²) in [5, 5.41) is 3.30. The van der Waals surface area contributed by atoms with Crippen LogP contribution in [0.2, 0.25) is 0 Å². The Labute approximate surface area is 84.6 Å². The van der Waals surface area contributed by atoms with E-state index in [9.17, 15) is 0 Å². The highest BCUT2D eigenvalue weighted by atomic mass is 16.5. The normalized spacial score (nSPS) is 27.9. The molecule has 4 nitrogen and oxygen atoms in total. The molecule has 0 aromatic rings. The van der Waals surface area contributed by atoms with E-state index in [0.29, 0.717) is 0 Å². The first-order chi connectivity index (χ1) is 6.75. The molecule has 1 atom stereocenters. The summed E-state index contributed by atoms with van der Waals surface area (Å²) in [4.78, 5) is 6.66. The third-order valence-corrected chi connectivity index (χ3v) is 2.36. The first-order valence-corrected chi connectivity index (χ1v) is 5.04. The lowest BCUT2D eigenvalue weighted by atomic mass is 10.2. The zero-order chi connectivity index (χ0) is 9.97. The minimum absolute atomic E-state index is 0.255. The molecule has 1 fully saturated rings. The predicted molar refractivity (Wildman–Crippen MR) is 54.9 cm³/mol. The van der Waals surface area contributed by atoms with Crippen LogP contribution in [0.4, 0.5) is 0 Å². The van der Waals surface area contributed by atoms with Gasteiger partial charge in [-0.2, -0.15) is 0 Å². The van der Waals surface area contributed by atoms with Crippen molar-refractivity contribution in [2.24, 2.45) is 4.99 Å². The Hall–Kier alpha value is -1.03. The second kappa shape index (κ2) is 4.00. The van der Waals surface area contributed by atoms with Crippen LogP contribution in [0.1, 0.15) is 13.8 Å². The van der Waals surface area contributed by atoms with Gasteiger partial charge in [-0.25, -0.2) is 4.99 Å². The van der Waals surface area contributed by atoms with E-state index in [-0.39, 0.29) is 6.04 Å². The fourth-order valence-electron chi connectivity index (χ4n) is 1.70. The predicted octanol–water partition coefficient (Wildman–Crippen LogP) is 0.373. The Morgan fingerprint density at radius 1 is 1.50 bits per heavy atom. The van der Waals surface area contributed by atoms with Gasteiger partial charge < -0.3 is 15.0 Å². The first-order valence-electron chi connectivity index (χ1n) is 5.04. The van der Waals surface area contributed by atoms with Gasteiger partial charge in [-0.3, -0.25) is 0 Å². The number of aliphatic imine (C=N–C) groups is 1. The molecule has 77 valence electrons. The van der Waals surface area contributed by atoms with Gasteiger partial charge >= 0.3 is 0 Å². The number of rotatable bonds is 0. The topological polar surface area (TPSA) is 36.9 Å². The molecule has 14 heavy (non-hydrogen) atoms. The van der Waals surface area contributed by atoms with E-state index in [2.05, 4.69) is 28.2 Å². The highest BCUT2D eigenvalue weighted by molar-refractivity contribution is 5.82. The quantitative estimate of drug-likeness (QED) is 0.605. The molecule has 2 rings (SSSR count). The van der Waals surface area contributed by atoms with Gasteiger partial charge in [-0.05, 0) is 13.8 Å². The maximum absolute atomic E-state index is 5.30. The van der Waals surface area contributed by atoms with E-state index in [1.165, 1.54) is 0 Å². The first kappa shape index (κ1) is 9.52. The Morgan fingerprint density at radius 2 is 2.21 bits per heavy atom. The van der Waals surface area contributed by atoms with Gasteiger partial charge in [0.15, 0.2) is 5.96 Å². The van der Waals surface area contributed by atoms with Crippen LogP contribution in [0.3, 0.4) is 0 Å². The second-order valence-corrected chi connectivity index (χ2v) is 3.63. The number of allylic oxidation sites excluding steroid dienone is 1. The van der Waals surface area contributed by atoms with Gasteiger partial charge in [0.05, 0.1) is 19.3 Å². The molecule has 0 saturated carbocycles. The molecule has 0 bridgehead atoms. The molecule has 2 aliphatic heterocycles. The van der Waals surface area contributed by atoms with Crippen molar-refractivity contribution in [2.45, 2.75) is 19.9 Å². The van der Waals surface area contributed by atoms with Gasteiger partial charge in [0.2, 0.25) is 0 Å². The zero-order valence-electron chi connectivity index (χ0n) is 8.71. The van der Waals surface area contributed by atoms with E-state index >= 15 is 0 Å². The number of guanidine groups is 1. The maximum Gasteiger partial charge on any atom is 0.199 e. The molecule has 2 aliphatic rings. The summed E-state index contributed by atoms with van der Waals surface area (Å²) in [5.74, 6) is 0.969. The fraction of sp³-hybridized carbons (Fsp3) is 0.700. The Balaban J connectivity index is 2.06. The van der Waals surface area contributed by atoms with Gasteiger partial charge in [0.25, 0.3) is 0 Å². The molecule has 1 unspecified atom stereocenters. The summed E-state index contributed by atoms with van der Waals surface area (Å²) >= 11 is 0. The van der Waals surface area contributed by atoms with E-state index in [1.54, 1.807) is 0 Å². The molecule has 1 radical (unpaired) electrons. The standard InChI is InChI=1S/C10H16N3O/c1-8-7-9(2)12-10(11-8)13-3-5-14-6-4-13/h8H,3-6H2,1-2H3,(H,11,12). The largest absolute Gasteiger partial charge is 0.378 e. The third-order valence-electron chi connectivity index (χ3n) is 2.36. The Bertz CT molecular complexity index is 267. The number of nitrogens with zero attached hydrogens (tertiary/aromatic N) is 2. The van der Waals surface area contributed by atoms with Crippen LogP contribution < -0.4 is 5.32 Å². The van der Waals surface area contributed by atoms with E-state index in [0.717, 1.165) is 38.0 Å². The highest BCUT2D eigenvalue weighted by Gasteiger charge is 2.18. The lowest BCUT2D eigenvalue weighted by molar-refractivity contribution is 0.0662. The molecule has 0 aliphatic carbocycles. The van der Waals surface area contributed by atoms with Crippen LogP contribution in [-0.2, 0) is 4.74 Å². The third kappa shape index (κ3) is 2.07. The lowest BCUT2D eigenvalue weighted by Crippen LogP contribution is -2.50. The number of morpholine rings is 1. The number of hydrogen-bond donors (Lipinski definition) is 1. The lowest BCUT2D eigenvalue weighted by Gasteiger charge is -2.32. The van der Waals surface area contributed by atoms with Crippen molar-refractivity contribution >= 4 is 5.96 Å². The number of ether oxygens (including phenoxy) is 1. The number of nitrogens with one attached hydrogen (secondary N) is 1. The summed E-state index contributed by atoms with van der Waals surface area (Å²) in [6.07, 6.45) is 3.21. The Morgan fingerprint density at radius 3 is 2.86 bits per heavy atom. The average Bonchev–Trinajstić information content (AvgIpc) is 2.18. The van der Waals surface area contributed by atoms with Crippen molar-refractivity contribution in [1.82, 2.24) is 10.2 Å². The van der Waals surface area contributed by atoms with Gasteiger partial charge in [-0.15, -0.1) is 0 Å². The van der Waals surface area contributed by atoms with Crippen LogP contribution in [0.5, 0.6) is 0 Å². The SMILES string of the molecule is CC1=[C]C(C)NC(N2CCOCC2)=N1. The average molecular weight is 194 g/mol. The molecule has 0 spiro atoms. The summed E-state index contributed by atoms with van der Waals surface area (Å²) in [6, 6.07) is 0.255. The van der Waals surface area contributed by atoms with Crippen molar-refractivity contribution < 1.29 is 4.74 Å². The van der Waals surface area contributed by atoms with Crippen molar-refractivity contribution in [2.75, 3.05) is 26.3 Å². The summed E-state index contributed by atoms with van der Waals surface area (Å²) < 4.78 is 5.30. The van der Waals surface area contributed by atoms with Crippen molar-refractivity contribution in [3.8, 4) is 0 Å². The van der Waals surface area contributed by atoms with Crippen LogP contribution in [0.15, 0.2) is 10.7 Å². The fourth-order valence-corrected chi connectivity index (χ4v) is 1.70. The van der Waals surface area contributed by atoms with Gasteiger partial charge in [0, 0.05) is 24.9 Å². The molecule has 0 aromatic carbocycles. The van der Waals surface area contributed by atoms with Crippen molar-refractivity contribution in [3.05, 3.63) is 11.8 Å². The molecule has 2 heterocycles. The summed E-state index contributed by atoms with van der Waals surface area (Å²) in [6.45, 7) is 7.50. The second-order valence-electron chi connectivity index (χ2n) is 3.63. The molecule has 1 N–H and O–H groups in total. The highest BCUT2D eigenvalue weighted by Crippen LogP contribution is 2.07. The monoisotopic (exact) mass is 194 g/mol. The van der Waals surface area contributed by atoms with Crippen LogP contribution in [-0.4, -0.2) is 43.2 Å².